The molecule has 1 saturated heterocycles. The summed E-state index contributed by atoms with van der Waals surface area (Å²) in [6.07, 6.45) is -0.314. The van der Waals surface area contributed by atoms with Crippen molar-refractivity contribution in [2.24, 2.45) is 0 Å². The molecule has 1 fully saturated rings. The maximum atomic E-state index is 13.9. The van der Waals surface area contributed by atoms with Crippen LogP contribution in [-0.2, 0) is 14.3 Å². The van der Waals surface area contributed by atoms with Crippen LogP contribution >= 0.6 is 0 Å². The molecule has 2 unspecified atom stereocenters. The number of nitrogens with zero attached hydrogens (tertiary/aromatic N) is 2. The minimum absolute atomic E-state index is 0.0364. The number of carbonyl (C=O) groups excluding carboxylic acids is 2. The van der Waals surface area contributed by atoms with Crippen molar-refractivity contribution in [3.05, 3.63) is 65.4 Å². The van der Waals surface area contributed by atoms with Gasteiger partial charge in [-0.15, -0.1) is 0 Å². The number of carbonyl (C=O) groups is 2. The maximum Gasteiger partial charge on any atom is 0.282 e. The molecule has 162 valence electrons. The lowest BCUT2D eigenvalue weighted by atomic mass is 10.0. The number of benzene rings is 2. The first-order chi connectivity index (χ1) is 14.8. The van der Waals surface area contributed by atoms with Crippen LogP contribution in [0.3, 0.4) is 0 Å². The van der Waals surface area contributed by atoms with E-state index in [2.05, 4.69) is 0 Å². The third kappa shape index (κ3) is 3.67. The molecule has 8 heteroatoms. The first-order valence-electron chi connectivity index (χ1n) is 9.93. The first kappa shape index (κ1) is 21.0. The van der Waals surface area contributed by atoms with E-state index in [0.29, 0.717) is 24.4 Å². The Morgan fingerprint density at radius 2 is 1.65 bits per heavy atom. The molecule has 2 heterocycles. The first-order valence-corrected chi connectivity index (χ1v) is 9.93. The second-order valence-electron chi connectivity index (χ2n) is 7.63. The number of rotatable bonds is 4. The van der Waals surface area contributed by atoms with Crippen LogP contribution in [0, 0.1) is 11.6 Å². The van der Waals surface area contributed by atoms with E-state index in [4.69, 9.17) is 9.47 Å². The van der Waals surface area contributed by atoms with Gasteiger partial charge in [0.05, 0.1) is 30.6 Å². The minimum Gasteiger partial charge on any atom is -0.496 e. The number of hydrogen-bond donors (Lipinski definition) is 0. The number of hydrogen-bond acceptors (Lipinski definition) is 5. The normalized spacial score (nSPS) is 21.8. The highest BCUT2D eigenvalue weighted by atomic mass is 19.2. The van der Waals surface area contributed by atoms with Crippen molar-refractivity contribution in [2.45, 2.75) is 26.1 Å². The third-order valence-corrected chi connectivity index (χ3v) is 5.33. The molecule has 2 atom stereocenters. The second-order valence-corrected chi connectivity index (χ2v) is 7.63. The number of ether oxygens (including phenoxy) is 2. The van der Waals surface area contributed by atoms with Gasteiger partial charge in [-0.25, -0.2) is 13.7 Å². The van der Waals surface area contributed by atoms with Gasteiger partial charge < -0.3 is 14.4 Å². The van der Waals surface area contributed by atoms with E-state index in [1.54, 1.807) is 24.3 Å². The quantitative estimate of drug-likeness (QED) is 0.699. The molecular formula is C23H22F2N2O4. The fourth-order valence-electron chi connectivity index (χ4n) is 4.12. The number of methoxy groups -OCH3 is 1. The highest BCUT2D eigenvalue weighted by Gasteiger charge is 2.44. The van der Waals surface area contributed by atoms with Gasteiger partial charge in [0.2, 0.25) is 0 Å². The molecule has 2 aliphatic rings. The zero-order valence-corrected chi connectivity index (χ0v) is 17.4. The van der Waals surface area contributed by atoms with Gasteiger partial charge in [-0.2, -0.15) is 0 Å². The van der Waals surface area contributed by atoms with E-state index >= 15 is 0 Å². The summed E-state index contributed by atoms with van der Waals surface area (Å²) in [5, 5.41) is 0. The van der Waals surface area contributed by atoms with Crippen molar-refractivity contribution >= 4 is 23.1 Å². The standard InChI is InChI=1S/C23H22F2N2O4/c1-13-11-26(12-14(2)31-13)21-20(16-6-4-5-7-19(16)30-3)22(28)27(23(21)29)15-8-9-17(24)18(25)10-15/h4-10,13-14H,11-12H2,1-3H3. The number of para-hydroxylation sites is 1. The summed E-state index contributed by atoms with van der Waals surface area (Å²) >= 11 is 0. The highest BCUT2D eigenvalue weighted by Crippen LogP contribution is 2.39. The molecular weight excluding hydrogens is 406 g/mol. The van der Waals surface area contributed by atoms with Gasteiger partial charge in [0.25, 0.3) is 11.8 Å². The number of imide groups is 1. The lowest BCUT2D eigenvalue weighted by molar-refractivity contribution is -0.121. The summed E-state index contributed by atoms with van der Waals surface area (Å²) in [4.78, 5) is 29.7. The van der Waals surface area contributed by atoms with Crippen molar-refractivity contribution in [3.8, 4) is 5.75 Å². The molecule has 0 aromatic heterocycles. The van der Waals surface area contributed by atoms with Crippen LogP contribution in [0.5, 0.6) is 5.75 Å². The number of anilines is 1. The van der Waals surface area contributed by atoms with Crippen molar-refractivity contribution < 1.29 is 27.8 Å². The highest BCUT2D eigenvalue weighted by molar-refractivity contribution is 6.45. The summed E-state index contributed by atoms with van der Waals surface area (Å²) in [7, 11) is 1.48. The van der Waals surface area contributed by atoms with Gasteiger partial charge in [0, 0.05) is 24.7 Å². The summed E-state index contributed by atoms with van der Waals surface area (Å²) in [6.45, 7) is 4.59. The average Bonchev–Trinajstić information content (AvgIpc) is 2.99. The Balaban J connectivity index is 1.88. The van der Waals surface area contributed by atoms with Crippen LogP contribution in [0.15, 0.2) is 48.2 Å². The fourth-order valence-corrected chi connectivity index (χ4v) is 4.12. The van der Waals surface area contributed by atoms with E-state index in [9.17, 15) is 18.4 Å². The van der Waals surface area contributed by atoms with Crippen LogP contribution in [0.25, 0.3) is 5.57 Å². The third-order valence-electron chi connectivity index (χ3n) is 5.33. The van der Waals surface area contributed by atoms with Crippen molar-refractivity contribution in [1.29, 1.82) is 0 Å². The zero-order chi connectivity index (χ0) is 22.3. The molecule has 0 N–H and O–H groups in total. The van der Waals surface area contributed by atoms with Crippen molar-refractivity contribution in [1.82, 2.24) is 4.90 Å². The summed E-state index contributed by atoms with van der Waals surface area (Å²) in [5.74, 6) is -2.99. The molecule has 2 aliphatic heterocycles. The van der Waals surface area contributed by atoms with Gasteiger partial charge in [-0.3, -0.25) is 9.59 Å². The van der Waals surface area contributed by atoms with Gasteiger partial charge >= 0.3 is 0 Å². The van der Waals surface area contributed by atoms with Crippen molar-refractivity contribution in [3.63, 3.8) is 0 Å². The fraction of sp³-hybridized carbons (Fsp3) is 0.304. The molecule has 31 heavy (non-hydrogen) atoms. The number of morpholine rings is 1. The van der Waals surface area contributed by atoms with E-state index in [1.807, 2.05) is 18.7 Å². The molecule has 2 aromatic carbocycles. The predicted molar refractivity (Wildman–Crippen MR) is 110 cm³/mol. The Morgan fingerprint density at radius 3 is 2.29 bits per heavy atom. The Hall–Kier alpha value is -3.26. The molecule has 4 rings (SSSR count). The average molecular weight is 428 g/mol. The van der Waals surface area contributed by atoms with Crippen LogP contribution in [0.2, 0.25) is 0 Å². The summed E-state index contributed by atoms with van der Waals surface area (Å²) < 4.78 is 38.6. The van der Waals surface area contributed by atoms with Crippen LogP contribution < -0.4 is 9.64 Å². The lowest BCUT2D eigenvalue weighted by Crippen LogP contribution is -2.47. The minimum atomic E-state index is -1.14. The van der Waals surface area contributed by atoms with Crippen LogP contribution in [0.4, 0.5) is 14.5 Å². The lowest BCUT2D eigenvalue weighted by Gasteiger charge is -2.37. The van der Waals surface area contributed by atoms with Gasteiger partial charge in [0.1, 0.15) is 11.4 Å². The Labute approximate surface area is 178 Å². The van der Waals surface area contributed by atoms with Gasteiger partial charge in [-0.1, -0.05) is 18.2 Å². The van der Waals surface area contributed by atoms with E-state index in [1.165, 1.54) is 13.2 Å². The van der Waals surface area contributed by atoms with Crippen LogP contribution in [-0.4, -0.2) is 49.1 Å². The molecule has 0 radical (unpaired) electrons. The van der Waals surface area contributed by atoms with Gasteiger partial charge in [-0.05, 0) is 32.0 Å². The Bertz CT molecular complexity index is 1070. The van der Waals surface area contributed by atoms with Crippen LogP contribution in [0.1, 0.15) is 19.4 Å². The zero-order valence-electron chi connectivity index (χ0n) is 17.4. The number of halogens is 2. The smallest absolute Gasteiger partial charge is 0.282 e. The molecule has 6 nitrogen and oxygen atoms in total. The topological polar surface area (TPSA) is 59.1 Å². The Kier molecular flexibility index (Phi) is 5.49. The number of amides is 2. The molecule has 2 aromatic rings. The molecule has 0 spiro atoms. The van der Waals surface area contributed by atoms with Gasteiger partial charge in [0.15, 0.2) is 11.6 Å². The van der Waals surface area contributed by atoms with E-state index in [0.717, 1.165) is 17.0 Å². The summed E-state index contributed by atoms with van der Waals surface area (Å²) in [6, 6.07) is 9.84. The monoisotopic (exact) mass is 428 g/mol. The SMILES string of the molecule is COc1ccccc1C1=C(N2CC(C)OC(C)C2)C(=O)N(c2ccc(F)c(F)c2)C1=O. The molecule has 2 amide bonds. The largest absolute Gasteiger partial charge is 0.496 e. The Morgan fingerprint density at radius 1 is 0.968 bits per heavy atom. The molecule has 0 bridgehead atoms. The molecule has 0 saturated carbocycles. The van der Waals surface area contributed by atoms with E-state index < -0.39 is 23.4 Å². The van der Waals surface area contributed by atoms with Crippen molar-refractivity contribution in [2.75, 3.05) is 25.1 Å². The van der Waals surface area contributed by atoms with E-state index in [-0.39, 0.29) is 29.2 Å². The molecule has 0 aliphatic carbocycles. The summed E-state index contributed by atoms with van der Waals surface area (Å²) in [5.41, 5.74) is 0.774. The second kappa shape index (κ2) is 8.11. The maximum absolute atomic E-state index is 13.9. The predicted octanol–water partition coefficient (Wildman–Crippen LogP) is 3.37.